The van der Waals surface area contributed by atoms with Crippen molar-refractivity contribution in [3.8, 4) is 5.75 Å². The van der Waals surface area contributed by atoms with Gasteiger partial charge in [0, 0.05) is 5.69 Å². The Kier molecular flexibility index (Phi) is 4.17. The van der Waals surface area contributed by atoms with Gasteiger partial charge in [0.05, 0.1) is 7.11 Å². The number of rotatable bonds is 5. The monoisotopic (exact) mass is 284 g/mol. The number of hydrogen-bond acceptors (Lipinski definition) is 3. The quantitative estimate of drug-likeness (QED) is 0.887. The molecule has 21 heavy (non-hydrogen) atoms. The van der Waals surface area contributed by atoms with E-state index in [0.717, 1.165) is 22.6 Å². The molecule has 0 aliphatic rings. The van der Waals surface area contributed by atoms with Crippen LogP contribution in [0, 0.1) is 6.92 Å². The van der Waals surface area contributed by atoms with Crippen molar-refractivity contribution < 1.29 is 9.53 Å². The molecule has 0 saturated carbocycles. The van der Waals surface area contributed by atoms with Gasteiger partial charge in [-0.05, 0) is 49.2 Å². The molecule has 4 heteroatoms. The number of hydrogen-bond donors (Lipinski definition) is 2. The van der Waals surface area contributed by atoms with Crippen LogP contribution in [0.15, 0.2) is 48.5 Å². The Hall–Kier alpha value is -2.49. The first-order valence-electron chi connectivity index (χ1n) is 6.75. The average Bonchev–Trinajstić information content (AvgIpc) is 2.47. The standard InChI is InChI=1S/C17H20N2O2/c1-12-5-4-6-14(11-12)19-17(2,16(18)20)13-7-9-15(21-3)10-8-13/h4-11,19H,1-3H3,(H2,18,20). The molecular formula is C17H20N2O2. The van der Waals surface area contributed by atoms with Crippen LogP contribution in [-0.2, 0) is 10.3 Å². The van der Waals surface area contributed by atoms with Crippen LogP contribution >= 0.6 is 0 Å². The van der Waals surface area contributed by atoms with Crippen molar-refractivity contribution in [3.63, 3.8) is 0 Å². The summed E-state index contributed by atoms with van der Waals surface area (Å²) in [6.45, 7) is 3.78. The molecule has 1 amide bonds. The number of ether oxygens (including phenoxy) is 1. The van der Waals surface area contributed by atoms with Crippen LogP contribution in [0.1, 0.15) is 18.1 Å². The topological polar surface area (TPSA) is 64.3 Å². The highest BCUT2D eigenvalue weighted by atomic mass is 16.5. The minimum Gasteiger partial charge on any atom is -0.497 e. The van der Waals surface area contributed by atoms with E-state index in [9.17, 15) is 4.79 Å². The number of methoxy groups -OCH3 is 1. The molecule has 0 radical (unpaired) electrons. The lowest BCUT2D eigenvalue weighted by atomic mass is 9.90. The predicted octanol–water partition coefficient (Wildman–Crippen LogP) is 2.82. The lowest BCUT2D eigenvalue weighted by molar-refractivity contribution is -0.122. The summed E-state index contributed by atoms with van der Waals surface area (Å²) in [5.41, 5.74) is 7.40. The fraction of sp³-hybridized carbons (Fsp3) is 0.235. The molecule has 0 bridgehead atoms. The number of primary amides is 1. The van der Waals surface area contributed by atoms with Crippen molar-refractivity contribution in [2.24, 2.45) is 5.73 Å². The van der Waals surface area contributed by atoms with E-state index >= 15 is 0 Å². The number of carbonyl (C=O) groups excluding carboxylic acids is 1. The van der Waals surface area contributed by atoms with Gasteiger partial charge in [-0.25, -0.2) is 0 Å². The van der Waals surface area contributed by atoms with E-state index in [1.807, 2.05) is 55.5 Å². The first kappa shape index (κ1) is 14.9. The normalized spacial score (nSPS) is 13.3. The number of anilines is 1. The molecule has 4 nitrogen and oxygen atoms in total. The first-order valence-corrected chi connectivity index (χ1v) is 6.75. The average molecular weight is 284 g/mol. The van der Waals surface area contributed by atoms with Gasteiger partial charge in [0.1, 0.15) is 11.3 Å². The predicted molar refractivity (Wildman–Crippen MR) is 84.3 cm³/mol. The van der Waals surface area contributed by atoms with Crippen LogP contribution in [0.5, 0.6) is 5.75 Å². The van der Waals surface area contributed by atoms with Crippen LogP contribution in [0.2, 0.25) is 0 Å². The minimum absolute atomic E-state index is 0.436. The fourth-order valence-corrected chi connectivity index (χ4v) is 2.21. The van der Waals surface area contributed by atoms with Gasteiger partial charge < -0.3 is 15.8 Å². The van der Waals surface area contributed by atoms with E-state index in [0.29, 0.717) is 0 Å². The molecule has 0 aliphatic heterocycles. The Morgan fingerprint density at radius 2 is 1.86 bits per heavy atom. The Bertz CT molecular complexity index is 637. The molecule has 0 saturated heterocycles. The third-order valence-corrected chi connectivity index (χ3v) is 3.57. The van der Waals surface area contributed by atoms with E-state index in [1.165, 1.54) is 0 Å². The zero-order chi connectivity index (χ0) is 15.5. The van der Waals surface area contributed by atoms with Crippen molar-refractivity contribution in [3.05, 3.63) is 59.7 Å². The second-order valence-corrected chi connectivity index (χ2v) is 5.21. The largest absolute Gasteiger partial charge is 0.497 e. The molecule has 2 aromatic rings. The van der Waals surface area contributed by atoms with Gasteiger partial charge in [0.25, 0.3) is 0 Å². The molecular weight excluding hydrogens is 264 g/mol. The third-order valence-electron chi connectivity index (χ3n) is 3.57. The lowest BCUT2D eigenvalue weighted by Crippen LogP contribution is -2.45. The van der Waals surface area contributed by atoms with Crippen LogP contribution in [0.25, 0.3) is 0 Å². The van der Waals surface area contributed by atoms with Gasteiger partial charge in [-0.3, -0.25) is 4.79 Å². The minimum atomic E-state index is -0.986. The van der Waals surface area contributed by atoms with Gasteiger partial charge in [0.15, 0.2) is 0 Å². The first-order chi connectivity index (χ1) is 9.95. The van der Waals surface area contributed by atoms with Crippen LogP contribution in [-0.4, -0.2) is 13.0 Å². The Balaban J connectivity index is 2.37. The zero-order valence-electron chi connectivity index (χ0n) is 12.5. The van der Waals surface area contributed by atoms with Gasteiger partial charge in [-0.15, -0.1) is 0 Å². The van der Waals surface area contributed by atoms with Crippen molar-refractivity contribution in [2.75, 3.05) is 12.4 Å². The molecule has 0 aliphatic carbocycles. The fourth-order valence-electron chi connectivity index (χ4n) is 2.21. The summed E-state index contributed by atoms with van der Waals surface area (Å²) in [7, 11) is 1.60. The van der Waals surface area contributed by atoms with Crippen molar-refractivity contribution in [2.45, 2.75) is 19.4 Å². The molecule has 0 fully saturated rings. The van der Waals surface area contributed by atoms with Gasteiger partial charge in [0.2, 0.25) is 5.91 Å². The summed E-state index contributed by atoms with van der Waals surface area (Å²) in [6.07, 6.45) is 0. The number of amides is 1. The highest BCUT2D eigenvalue weighted by Gasteiger charge is 2.33. The second-order valence-electron chi connectivity index (χ2n) is 5.21. The molecule has 1 atom stereocenters. The number of aryl methyl sites for hydroxylation is 1. The smallest absolute Gasteiger partial charge is 0.247 e. The number of nitrogens with two attached hydrogens (primary N) is 1. The maximum absolute atomic E-state index is 12.0. The van der Waals surface area contributed by atoms with Crippen molar-refractivity contribution in [1.29, 1.82) is 0 Å². The molecule has 0 heterocycles. The lowest BCUT2D eigenvalue weighted by Gasteiger charge is -2.29. The van der Waals surface area contributed by atoms with E-state index in [-0.39, 0.29) is 0 Å². The maximum Gasteiger partial charge on any atom is 0.247 e. The Morgan fingerprint density at radius 1 is 1.19 bits per heavy atom. The SMILES string of the molecule is COc1ccc(C(C)(Nc2cccc(C)c2)C(N)=O)cc1. The summed E-state index contributed by atoms with van der Waals surface area (Å²) in [6, 6.07) is 15.1. The molecule has 2 rings (SSSR count). The van der Waals surface area contributed by atoms with Crippen molar-refractivity contribution in [1.82, 2.24) is 0 Å². The van der Waals surface area contributed by atoms with Gasteiger partial charge in [-0.1, -0.05) is 24.3 Å². The summed E-state index contributed by atoms with van der Waals surface area (Å²) < 4.78 is 5.14. The summed E-state index contributed by atoms with van der Waals surface area (Å²) >= 11 is 0. The van der Waals surface area contributed by atoms with Gasteiger partial charge in [-0.2, -0.15) is 0 Å². The molecule has 2 aromatic carbocycles. The zero-order valence-corrected chi connectivity index (χ0v) is 12.5. The van der Waals surface area contributed by atoms with E-state index in [2.05, 4.69) is 5.32 Å². The Labute approximate surface area is 124 Å². The second kappa shape index (κ2) is 5.87. The number of carbonyl (C=O) groups is 1. The highest BCUT2D eigenvalue weighted by molar-refractivity contribution is 5.89. The molecule has 1 unspecified atom stereocenters. The van der Waals surface area contributed by atoms with Crippen LogP contribution in [0.4, 0.5) is 5.69 Å². The third kappa shape index (κ3) is 3.16. The summed E-state index contributed by atoms with van der Waals surface area (Å²) in [4.78, 5) is 12.0. The Morgan fingerprint density at radius 3 is 2.38 bits per heavy atom. The number of nitrogens with one attached hydrogen (secondary N) is 1. The number of benzene rings is 2. The summed E-state index contributed by atoms with van der Waals surface area (Å²) in [5, 5.41) is 3.23. The van der Waals surface area contributed by atoms with E-state index < -0.39 is 11.4 Å². The molecule has 3 N–H and O–H groups in total. The van der Waals surface area contributed by atoms with E-state index in [1.54, 1.807) is 14.0 Å². The van der Waals surface area contributed by atoms with E-state index in [4.69, 9.17) is 10.5 Å². The molecule has 0 spiro atoms. The maximum atomic E-state index is 12.0. The molecule has 0 aromatic heterocycles. The van der Waals surface area contributed by atoms with Crippen molar-refractivity contribution >= 4 is 11.6 Å². The highest BCUT2D eigenvalue weighted by Crippen LogP contribution is 2.28. The molecule has 110 valence electrons. The summed E-state index contributed by atoms with van der Waals surface area (Å²) in [5.74, 6) is 0.301. The van der Waals surface area contributed by atoms with Gasteiger partial charge >= 0.3 is 0 Å². The van der Waals surface area contributed by atoms with Crippen LogP contribution in [0.3, 0.4) is 0 Å². The van der Waals surface area contributed by atoms with Crippen LogP contribution < -0.4 is 15.8 Å².